The molecule has 16 heteroatoms. The molecule has 322 valence electrons. The van der Waals surface area contributed by atoms with E-state index in [1.807, 2.05) is 20.8 Å². The number of aliphatic imine (C=N–C) groups is 1. The standard InChI is InChI=1S/C42H54BNO14.CH4/c1-10-30-55-28-17-29-41(19-52-29,58-24(6)46)34-36(57-37(48)25-14-12-11-13-15-25)42(50)18-27(54-38(49)32(47)26(16-21(2)3)44-20-43-51)22(4)31(39(42,7)8)33(53-23(5)45)35(56-30)40(28,34)9;/h10-15,20-21,26-30,32-36,47,50H,1,16-19H2,2-9H3;1H4/t26-,27-,28-,29+,30?,32+,33-,34-,35-,36-,40+,41-,42+;/m0./s1. The molecule has 6 rings (SSSR count). The monoisotopic (exact) mass is 823 g/mol. The maximum absolute atomic E-state index is 14.4. The number of aliphatic hydroxyl groups is 2. The molecule has 0 amide bonds. The molecular weight excluding hydrogens is 765 g/mol. The second-order valence-electron chi connectivity index (χ2n) is 17.3. The molecule has 15 nitrogen and oxygen atoms in total. The number of benzene rings is 1. The Kier molecular flexibility index (Phi) is 13.3. The predicted molar refractivity (Wildman–Crippen MR) is 212 cm³/mol. The van der Waals surface area contributed by atoms with Gasteiger partial charge in [-0.1, -0.05) is 39.1 Å². The molecule has 0 spiro atoms. The Balaban J connectivity index is 0.00000661. The summed E-state index contributed by atoms with van der Waals surface area (Å²) < 4.78 is 55.7. The number of fused-ring (bicyclic) bond motifs is 4. The molecule has 4 fully saturated rings. The predicted octanol–water partition coefficient (Wildman–Crippen LogP) is 4.06. The Labute approximate surface area is 346 Å². The topological polar surface area (TPSA) is 203 Å². The number of nitrogens with zero attached hydrogens (tertiary/aromatic N) is 1. The molecule has 2 bridgehead atoms. The van der Waals surface area contributed by atoms with Crippen molar-refractivity contribution in [2.75, 3.05) is 6.61 Å². The van der Waals surface area contributed by atoms with Gasteiger partial charge in [0, 0.05) is 20.3 Å². The Morgan fingerprint density at radius 1 is 1.03 bits per heavy atom. The summed E-state index contributed by atoms with van der Waals surface area (Å²) in [5, 5.41) is 25.1. The normalized spacial score (nSPS) is 36.4. The van der Waals surface area contributed by atoms with E-state index in [1.54, 1.807) is 51.1 Å². The van der Waals surface area contributed by atoms with Crippen molar-refractivity contribution in [2.45, 2.75) is 148 Å². The average molecular weight is 824 g/mol. The van der Waals surface area contributed by atoms with Crippen molar-refractivity contribution in [1.29, 1.82) is 0 Å². The van der Waals surface area contributed by atoms with E-state index >= 15 is 0 Å². The van der Waals surface area contributed by atoms with Crippen LogP contribution < -0.4 is 0 Å². The second kappa shape index (κ2) is 17.1. The summed E-state index contributed by atoms with van der Waals surface area (Å²) >= 11 is 0. The van der Waals surface area contributed by atoms with Crippen LogP contribution in [0.2, 0.25) is 0 Å². The van der Waals surface area contributed by atoms with Crippen LogP contribution in [0.1, 0.15) is 92.4 Å². The molecule has 1 aromatic carbocycles. The molecule has 1 aromatic rings. The minimum atomic E-state index is -2.20. The van der Waals surface area contributed by atoms with Gasteiger partial charge in [-0.05, 0) is 18.2 Å². The zero-order valence-corrected chi connectivity index (χ0v) is 34.2. The molecular formula is C43H58BNO14. The van der Waals surface area contributed by atoms with E-state index in [9.17, 15) is 34.1 Å². The minimum absolute atomic E-state index is 0. The molecule has 2 aliphatic heterocycles. The quantitative estimate of drug-likeness (QED) is 0.100. The summed E-state index contributed by atoms with van der Waals surface area (Å²) in [7, 11) is 0.442. The van der Waals surface area contributed by atoms with Crippen LogP contribution in [0.15, 0.2) is 59.1 Å². The molecule has 1 unspecified atom stereocenters. The van der Waals surface area contributed by atoms with E-state index in [2.05, 4.69) is 11.6 Å². The summed E-state index contributed by atoms with van der Waals surface area (Å²) in [6, 6.07) is 7.16. The van der Waals surface area contributed by atoms with Crippen LogP contribution in [0.4, 0.5) is 0 Å². The summed E-state index contributed by atoms with van der Waals surface area (Å²) in [4.78, 5) is 58.8. The van der Waals surface area contributed by atoms with Crippen molar-refractivity contribution in [3.63, 3.8) is 0 Å². The SMILES string of the molecule is C.C=CC1O[C@H]2C[C@H]3OC[C@@]3(OC(C)=O)[C@H]3[C@H](OC(=O)c4ccccc4)[C@]4(O)C[C@H](OC(=O)[C@H](O)[C@H](CC(C)C)N=CB=O)C(C)=C([C@H](OC(C)=O)[C@H](O1)[C@]23C)C4(C)C. The summed E-state index contributed by atoms with van der Waals surface area (Å²) in [5.41, 5.74) is -5.65. The van der Waals surface area contributed by atoms with Crippen molar-refractivity contribution in [1.82, 2.24) is 0 Å². The first-order valence-corrected chi connectivity index (χ1v) is 19.7. The van der Waals surface area contributed by atoms with Gasteiger partial charge >= 0.3 is 210 Å². The van der Waals surface area contributed by atoms with E-state index in [-0.39, 0.29) is 44.8 Å². The maximum atomic E-state index is 14.4. The number of hydrogen-bond donors (Lipinski definition) is 2. The number of ether oxygens (including phenoxy) is 7. The van der Waals surface area contributed by atoms with E-state index in [0.29, 0.717) is 18.3 Å². The molecule has 13 atom stereocenters. The van der Waals surface area contributed by atoms with Gasteiger partial charge in [0.2, 0.25) is 0 Å². The first kappa shape index (κ1) is 46.0. The Bertz CT molecular complexity index is 1870. The van der Waals surface area contributed by atoms with Crippen LogP contribution in [0.25, 0.3) is 0 Å². The average Bonchev–Trinajstić information content (AvgIpc) is 3.15. The molecule has 0 aromatic heterocycles. The van der Waals surface area contributed by atoms with Gasteiger partial charge < -0.3 is 14.2 Å². The van der Waals surface area contributed by atoms with Crippen molar-refractivity contribution in [3.05, 3.63) is 59.7 Å². The summed E-state index contributed by atoms with van der Waals surface area (Å²) in [6.45, 7) is 16.9. The number of esters is 4. The summed E-state index contributed by atoms with van der Waals surface area (Å²) in [5.74, 6) is -4.41. The number of carbonyl (C=O) groups is 4. The van der Waals surface area contributed by atoms with E-state index in [1.165, 1.54) is 19.9 Å². The van der Waals surface area contributed by atoms with Gasteiger partial charge in [-0.3, -0.25) is 9.59 Å². The Morgan fingerprint density at radius 2 is 1.71 bits per heavy atom. The first-order valence-electron chi connectivity index (χ1n) is 19.7. The molecule has 2 N–H and O–H groups in total. The molecule has 0 radical (unpaired) electrons. The van der Waals surface area contributed by atoms with Crippen molar-refractivity contribution in [3.8, 4) is 0 Å². The molecule has 3 aliphatic carbocycles. The fraction of sp³-hybridized carbons (Fsp3) is 0.651. The van der Waals surface area contributed by atoms with Crippen LogP contribution in [-0.2, 0) is 52.2 Å². The summed E-state index contributed by atoms with van der Waals surface area (Å²) in [6.07, 6.45) is -7.21. The van der Waals surface area contributed by atoms with Crippen LogP contribution in [-0.4, -0.2) is 120 Å². The molecule has 2 heterocycles. The van der Waals surface area contributed by atoms with Gasteiger partial charge in [-0.2, -0.15) is 0 Å². The van der Waals surface area contributed by atoms with Crippen LogP contribution in [0.5, 0.6) is 0 Å². The van der Waals surface area contributed by atoms with Crippen molar-refractivity contribution >= 4 is 37.1 Å². The third-order valence-electron chi connectivity index (χ3n) is 13.0. The van der Waals surface area contributed by atoms with Crippen LogP contribution >= 0.6 is 0 Å². The van der Waals surface area contributed by atoms with Gasteiger partial charge in [0.05, 0.1) is 18.3 Å². The van der Waals surface area contributed by atoms with Gasteiger partial charge in [0.15, 0.2) is 6.29 Å². The number of carbonyl (C=O) groups excluding carboxylic acids is 4. The fourth-order valence-electron chi connectivity index (χ4n) is 10.4. The van der Waals surface area contributed by atoms with Gasteiger partial charge in [0.1, 0.15) is 6.10 Å². The number of hydrogen-bond acceptors (Lipinski definition) is 15. The zero-order valence-electron chi connectivity index (χ0n) is 34.2. The second-order valence-corrected chi connectivity index (χ2v) is 17.3. The molecule has 5 aliphatic rings. The number of aliphatic hydroxyl groups excluding tert-OH is 1. The third-order valence-corrected chi connectivity index (χ3v) is 13.0. The zero-order chi connectivity index (χ0) is 42.5. The van der Waals surface area contributed by atoms with Crippen LogP contribution in [0.3, 0.4) is 0 Å². The van der Waals surface area contributed by atoms with Gasteiger partial charge in [0.25, 0.3) is 0 Å². The van der Waals surface area contributed by atoms with Crippen molar-refractivity contribution < 1.29 is 67.3 Å². The van der Waals surface area contributed by atoms with E-state index < -0.39 is 107 Å². The Hall–Kier alpha value is -4.09. The van der Waals surface area contributed by atoms with Gasteiger partial charge in [-0.25, -0.2) is 4.79 Å². The molecule has 2 saturated heterocycles. The third kappa shape index (κ3) is 7.75. The van der Waals surface area contributed by atoms with Crippen molar-refractivity contribution in [2.24, 2.45) is 27.7 Å². The number of rotatable bonds is 12. The molecule has 59 heavy (non-hydrogen) atoms. The first-order chi connectivity index (χ1) is 27.3. The fourth-order valence-corrected chi connectivity index (χ4v) is 10.4. The van der Waals surface area contributed by atoms with Gasteiger partial charge in [-0.15, -0.1) is 0 Å². The van der Waals surface area contributed by atoms with E-state index in [0.717, 1.165) is 6.11 Å². The Morgan fingerprint density at radius 3 is 2.27 bits per heavy atom. The van der Waals surface area contributed by atoms with Crippen LogP contribution in [0, 0.1) is 22.7 Å². The van der Waals surface area contributed by atoms with E-state index in [4.69, 9.17) is 33.2 Å². The molecule has 2 saturated carbocycles.